The fourth-order valence-corrected chi connectivity index (χ4v) is 21.9. The van der Waals surface area contributed by atoms with Crippen LogP contribution in [0, 0.1) is 53.3 Å². The molecule has 9 aromatic rings. The topological polar surface area (TPSA) is 140 Å². The van der Waals surface area contributed by atoms with E-state index in [-0.39, 0.29) is 16.2 Å². The minimum atomic E-state index is -0.888. The van der Waals surface area contributed by atoms with Gasteiger partial charge in [0.25, 0.3) is 0 Å². The van der Waals surface area contributed by atoms with Crippen molar-refractivity contribution in [3.05, 3.63) is 197 Å². The molecule has 0 unspecified atom stereocenters. The summed E-state index contributed by atoms with van der Waals surface area (Å²) in [6, 6.07) is 55.1. The minimum Gasteiger partial charge on any atom is -0.496 e. The molecule has 474 valence electrons. The summed E-state index contributed by atoms with van der Waals surface area (Å²) in [7, 11) is 5.40. The summed E-state index contributed by atoms with van der Waals surface area (Å²) in [4.78, 5) is 33.8. The van der Waals surface area contributed by atoms with Crippen molar-refractivity contribution in [3.8, 4) is 50.6 Å². The number of carbonyl (C=O) groups is 3. The van der Waals surface area contributed by atoms with Crippen molar-refractivity contribution in [3.63, 3.8) is 0 Å². The van der Waals surface area contributed by atoms with Crippen molar-refractivity contribution in [1.82, 2.24) is 0 Å². The fraction of sp³-hybridized carbons (Fsp3) is 0.393. The number of rotatable bonds is 12. The van der Waals surface area contributed by atoms with Crippen LogP contribution < -0.4 is 14.2 Å². The van der Waals surface area contributed by atoms with E-state index in [9.17, 15) is 29.7 Å². The Morgan fingerprint density at radius 2 is 0.473 bits per heavy atom. The van der Waals surface area contributed by atoms with Gasteiger partial charge in [-0.05, 0) is 342 Å². The number of methoxy groups -OCH3 is 3. The molecule has 3 N–H and O–H groups in total. The lowest BCUT2D eigenvalue weighted by atomic mass is 9.48. The molecule has 0 atom stereocenters. The summed E-state index contributed by atoms with van der Waals surface area (Å²) in [5.74, 6) is 8.49. The lowest BCUT2D eigenvalue weighted by molar-refractivity contribution is -0.00627. The minimum absolute atomic E-state index is 0.281. The van der Waals surface area contributed by atoms with E-state index in [2.05, 4.69) is 91.0 Å². The van der Waals surface area contributed by atoms with Gasteiger partial charge in [0, 0.05) is 16.7 Å². The summed E-state index contributed by atoms with van der Waals surface area (Å²) < 4.78 is 17.6. The molecule has 0 amide bonds. The van der Waals surface area contributed by atoms with Crippen LogP contribution in [0.3, 0.4) is 0 Å². The number of ether oxygens (including phenoxy) is 3. The molecule has 9 aromatic carbocycles. The van der Waals surface area contributed by atoms with Crippen molar-refractivity contribution in [2.24, 2.45) is 53.3 Å². The molecule has 12 saturated carbocycles. The van der Waals surface area contributed by atoms with Crippen molar-refractivity contribution >= 4 is 50.2 Å². The molecule has 93 heavy (non-hydrogen) atoms. The van der Waals surface area contributed by atoms with Crippen LogP contribution in [-0.2, 0) is 16.2 Å². The summed E-state index contributed by atoms with van der Waals surface area (Å²) >= 11 is 0. The average Bonchev–Trinajstić information content (AvgIpc) is 0.759. The van der Waals surface area contributed by atoms with E-state index in [4.69, 9.17) is 14.2 Å². The van der Waals surface area contributed by atoms with E-state index in [1.54, 1.807) is 57.7 Å². The molecule has 12 aliphatic carbocycles. The molecular formula is C84H84O9. The SMILES string of the molecule is COc1ccc(-c2ccc3cc(C(=O)O)ccc3c2)cc1C12CC3CC(CC(C3)C1)C2.COc1ccc(-c2ccc3cc(C(=O)O)ccc3c2)cc1C12CC3CC(CC(C3)C1)C2.COc1ccc(-c2ccc3cc(C(=O)O)ccc3c2)cc1C12CC3CC(CC(C3)C1)C2. The van der Waals surface area contributed by atoms with Crippen LogP contribution in [-0.4, -0.2) is 54.6 Å². The van der Waals surface area contributed by atoms with E-state index >= 15 is 0 Å². The lowest BCUT2D eigenvalue weighted by Crippen LogP contribution is -2.48. The van der Waals surface area contributed by atoms with E-state index in [0.29, 0.717) is 16.7 Å². The van der Waals surface area contributed by atoms with E-state index in [0.717, 1.165) is 103 Å². The lowest BCUT2D eigenvalue weighted by Gasteiger charge is -2.57. The first kappa shape index (κ1) is 59.6. The molecule has 0 spiro atoms. The van der Waals surface area contributed by atoms with Gasteiger partial charge in [0.15, 0.2) is 0 Å². The third-order valence-electron chi connectivity index (χ3n) is 24.7. The van der Waals surface area contributed by atoms with Crippen molar-refractivity contribution in [1.29, 1.82) is 0 Å². The third kappa shape index (κ3) is 10.9. The zero-order valence-electron chi connectivity index (χ0n) is 53.8. The Morgan fingerprint density at radius 3 is 0.688 bits per heavy atom. The molecule has 12 fully saturated rings. The summed E-state index contributed by atoms with van der Waals surface area (Å²) in [5.41, 5.74) is 13.2. The Kier molecular flexibility index (Phi) is 14.9. The number of fused-ring (bicyclic) bond motifs is 3. The molecule has 21 rings (SSSR count). The number of hydrogen-bond acceptors (Lipinski definition) is 6. The van der Waals surface area contributed by atoms with E-state index < -0.39 is 17.9 Å². The molecule has 0 aromatic heterocycles. The molecule has 9 heteroatoms. The third-order valence-corrected chi connectivity index (χ3v) is 24.7. The standard InChI is InChI=1S/3C28H28O3/c3*1-31-26-7-6-23(21-2-3-22-12-24(27(29)30)5-4-20(22)11-21)13-25(26)28-14-17-8-18(15-28)10-19(9-17)16-28/h3*2-7,11-13,17-19H,8-10,14-16H2,1H3,(H,29,30). The van der Waals surface area contributed by atoms with Gasteiger partial charge in [-0.15, -0.1) is 0 Å². The second-order valence-corrected chi connectivity index (χ2v) is 30.6. The number of carboxylic acid groups (broad SMARTS) is 3. The largest absolute Gasteiger partial charge is 0.496 e. The monoisotopic (exact) mass is 1240 g/mol. The van der Waals surface area contributed by atoms with Crippen LogP contribution in [0.4, 0.5) is 0 Å². The van der Waals surface area contributed by atoms with Crippen LogP contribution in [0.1, 0.15) is 163 Å². The molecular weight excluding hydrogens is 1150 g/mol. The number of carboxylic acids is 3. The molecule has 0 radical (unpaired) electrons. The quantitative estimate of drug-likeness (QED) is 0.109. The van der Waals surface area contributed by atoms with Gasteiger partial charge in [0.1, 0.15) is 17.2 Å². The maximum atomic E-state index is 11.3. The highest BCUT2D eigenvalue weighted by molar-refractivity contribution is 5.98. The zero-order valence-corrected chi connectivity index (χ0v) is 53.8. The van der Waals surface area contributed by atoms with Gasteiger partial charge < -0.3 is 29.5 Å². The number of hydrogen-bond donors (Lipinski definition) is 3. The maximum absolute atomic E-state index is 11.3. The van der Waals surface area contributed by atoms with E-state index in [1.165, 1.54) is 166 Å². The first-order valence-corrected chi connectivity index (χ1v) is 34.5. The molecule has 0 aliphatic heterocycles. The number of aromatic carboxylic acids is 3. The highest BCUT2D eigenvalue weighted by atomic mass is 16.5. The van der Waals surface area contributed by atoms with Crippen molar-refractivity contribution < 1.29 is 43.9 Å². The van der Waals surface area contributed by atoms with Crippen LogP contribution in [0.5, 0.6) is 17.2 Å². The van der Waals surface area contributed by atoms with E-state index in [1.807, 2.05) is 36.4 Å². The Labute approximate surface area is 545 Å². The van der Waals surface area contributed by atoms with Crippen LogP contribution in [0.2, 0.25) is 0 Å². The normalized spacial score (nSPS) is 28.7. The average molecular weight is 1240 g/mol. The van der Waals surface area contributed by atoms with Crippen molar-refractivity contribution in [2.45, 2.75) is 132 Å². The Morgan fingerprint density at radius 1 is 0.280 bits per heavy atom. The Bertz CT molecular complexity index is 3920. The predicted octanol–water partition coefficient (Wildman–Crippen LogP) is 20.0. The van der Waals surface area contributed by atoms with Gasteiger partial charge >= 0.3 is 17.9 Å². The predicted molar refractivity (Wildman–Crippen MR) is 368 cm³/mol. The zero-order chi connectivity index (χ0) is 63.5. The first-order valence-electron chi connectivity index (χ1n) is 34.5. The van der Waals surface area contributed by atoms with Crippen LogP contribution >= 0.6 is 0 Å². The maximum Gasteiger partial charge on any atom is 0.335 e. The van der Waals surface area contributed by atoms with Gasteiger partial charge in [-0.1, -0.05) is 72.8 Å². The second-order valence-electron chi connectivity index (χ2n) is 30.6. The summed E-state index contributed by atoms with van der Waals surface area (Å²) in [6.45, 7) is 0. The van der Waals surface area contributed by atoms with Gasteiger partial charge in [-0.2, -0.15) is 0 Å². The molecule has 0 heterocycles. The Hall–Kier alpha value is -8.43. The number of benzene rings is 9. The highest BCUT2D eigenvalue weighted by Crippen LogP contribution is 2.65. The van der Waals surface area contributed by atoms with Gasteiger partial charge in [0.2, 0.25) is 0 Å². The summed E-state index contributed by atoms with van der Waals surface area (Å²) in [5, 5.41) is 33.8. The first-order chi connectivity index (χ1) is 45.1. The van der Waals surface area contributed by atoms with Gasteiger partial charge in [-0.3, -0.25) is 0 Å². The van der Waals surface area contributed by atoms with Crippen LogP contribution in [0.25, 0.3) is 65.7 Å². The highest BCUT2D eigenvalue weighted by Gasteiger charge is 2.55. The van der Waals surface area contributed by atoms with Gasteiger partial charge in [0.05, 0.1) is 38.0 Å². The smallest absolute Gasteiger partial charge is 0.335 e. The fourth-order valence-electron chi connectivity index (χ4n) is 21.9. The van der Waals surface area contributed by atoms with Gasteiger partial charge in [-0.25, -0.2) is 14.4 Å². The Balaban J connectivity index is 0.000000111. The molecule has 12 bridgehead atoms. The molecule has 12 aliphatic rings. The molecule has 0 saturated heterocycles. The van der Waals surface area contributed by atoms with Crippen LogP contribution in [0.15, 0.2) is 164 Å². The second kappa shape index (κ2) is 23.2. The summed E-state index contributed by atoms with van der Waals surface area (Å²) in [6.07, 6.45) is 24.7. The molecule has 9 nitrogen and oxygen atoms in total. The van der Waals surface area contributed by atoms with Crippen molar-refractivity contribution in [2.75, 3.05) is 21.3 Å².